The van der Waals surface area contributed by atoms with Gasteiger partial charge in [0.2, 0.25) is 26.0 Å². The van der Waals surface area contributed by atoms with E-state index in [4.69, 9.17) is 23.2 Å². The summed E-state index contributed by atoms with van der Waals surface area (Å²) in [5, 5.41) is 41.9. The Morgan fingerprint density at radius 3 is 1.81 bits per heavy atom. The van der Waals surface area contributed by atoms with Gasteiger partial charge in [0.05, 0.1) is 50.9 Å². The molecule has 0 aliphatic carbocycles. The molecule has 0 bridgehead atoms. The number of anilines is 7. The molecule has 30 heteroatoms. The summed E-state index contributed by atoms with van der Waals surface area (Å²) in [6.45, 7) is 2.78. The summed E-state index contributed by atoms with van der Waals surface area (Å²) in [4.78, 5) is 26.6. The fourth-order valence-electron chi connectivity index (χ4n) is 6.26. The zero-order valence-corrected chi connectivity index (χ0v) is 46.0. The van der Waals surface area contributed by atoms with Gasteiger partial charge in [-0.15, -0.1) is 10.2 Å². The molecule has 5 aromatic carbocycles. The van der Waals surface area contributed by atoms with Crippen LogP contribution in [0.3, 0.4) is 0 Å². The Hall–Kier alpha value is -4.64. The van der Waals surface area contributed by atoms with Crippen LogP contribution in [0.4, 0.5) is 51.3 Å². The molecule has 2 amide bonds. The Morgan fingerprint density at radius 2 is 1.33 bits per heavy atom. The van der Waals surface area contributed by atoms with Gasteiger partial charge in [-0.1, -0.05) is 23.2 Å². The molecule has 6 aromatic rings. The predicted molar refractivity (Wildman–Crippen MR) is 250 cm³/mol. The number of amides is 2. The third-order valence-corrected chi connectivity index (χ3v) is 12.0. The Balaban J connectivity index is 0.00000533. The average molecular weight is 1090 g/mol. The number of nitriles is 1. The minimum atomic E-state index is -5.07. The number of carbonyl (C=O) groups is 2. The van der Waals surface area contributed by atoms with Crippen molar-refractivity contribution >= 4 is 129 Å². The van der Waals surface area contributed by atoms with Gasteiger partial charge in [-0.25, -0.2) is 29.9 Å². The van der Waals surface area contributed by atoms with Crippen molar-refractivity contribution in [1.82, 2.24) is 9.78 Å². The maximum absolute atomic E-state index is 13.3. The molecule has 0 aliphatic heterocycles. The Bertz CT molecular complexity index is 3280. The van der Waals surface area contributed by atoms with Crippen LogP contribution in [0, 0.1) is 18.3 Å². The van der Waals surface area contributed by atoms with Gasteiger partial charge in [0, 0.05) is 51.5 Å². The SMILES string of the molecule is CC(=O)Nc1cc(N(c2ccc(NS(C)(=O)=O)cc2)c2ccc(NS(C)(=O)=O)cc2)ccc1N=Nc1c(C#N)c(C)nn1-c1c(Cl)cc(NC(=O)c2cc(SOO[O-])cc(S(=O)(=O)[O-])c2)cc1Cl.[Na+].[Na+]. The second kappa shape index (κ2) is 24.2. The van der Waals surface area contributed by atoms with E-state index in [1.807, 2.05) is 6.07 Å². The zero-order valence-electron chi connectivity index (χ0n) is 37.2. The summed E-state index contributed by atoms with van der Waals surface area (Å²) in [5.74, 6) is -1.58. The number of azo groups is 1. The zero-order chi connectivity index (χ0) is 49.7. The number of rotatable bonds is 17. The molecule has 0 unspecified atom stereocenters. The van der Waals surface area contributed by atoms with Crippen LogP contribution < -0.4 is 89.3 Å². The molecule has 0 radical (unpaired) electrons. The van der Waals surface area contributed by atoms with E-state index in [0.29, 0.717) is 17.1 Å². The molecule has 1 heterocycles. The molecule has 0 saturated carbocycles. The number of benzene rings is 5. The number of halogens is 2. The predicted octanol–water partition coefficient (Wildman–Crippen LogP) is 1.34. The van der Waals surface area contributed by atoms with E-state index in [0.717, 1.165) is 35.4 Å². The van der Waals surface area contributed by atoms with Crippen LogP contribution in [0.15, 0.2) is 117 Å². The average Bonchev–Trinajstić information content (AvgIpc) is 3.55. The van der Waals surface area contributed by atoms with Gasteiger partial charge >= 0.3 is 59.1 Å². The van der Waals surface area contributed by atoms with Gasteiger partial charge in [-0.3, -0.25) is 24.1 Å². The van der Waals surface area contributed by atoms with Crippen molar-refractivity contribution in [1.29, 1.82) is 5.26 Å². The first-order valence-electron chi connectivity index (χ1n) is 18.8. The fraction of sp³-hybridized carbons (Fsp3) is 0.100. The number of hydrogen-bond donors (Lipinski definition) is 4. The molecule has 6 rings (SSSR count). The second-order valence-corrected chi connectivity index (χ2v) is 20.6. The van der Waals surface area contributed by atoms with Crippen LogP contribution in [0.2, 0.25) is 10.0 Å². The van der Waals surface area contributed by atoms with Gasteiger partial charge in [0.25, 0.3) is 5.91 Å². The number of sulfonamides is 2. The van der Waals surface area contributed by atoms with E-state index >= 15 is 0 Å². The summed E-state index contributed by atoms with van der Waals surface area (Å²) < 4.78 is 93.0. The van der Waals surface area contributed by atoms with E-state index in [9.17, 15) is 49.9 Å². The van der Waals surface area contributed by atoms with Crippen molar-refractivity contribution < 1.29 is 113 Å². The maximum Gasteiger partial charge on any atom is 1.00 e. The van der Waals surface area contributed by atoms with Crippen molar-refractivity contribution in [2.45, 2.75) is 23.6 Å². The number of aryl methyl sites for hydroxylation is 1. The van der Waals surface area contributed by atoms with E-state index in [1.54, 1.807) is 41.3 Å². The minimum Gasteiger partial charge on any atom is -0.744 e. The maximum atomic E-state index is 13.3. The second-order valence-electron chi connectivity index (χ2n) is 14.2. The molecule has 0 aliphatic rings. The van der Waals surface area contributed by atoms with E-state index in [-0.39, 0.29) is 143 Å². The number of nitrogens with zero attached hydrogens (tertiary/aromatic N) is 6. The molecule has 0 saturated heterocycles. The third kappa shape index (κ3) is 15.2. The van der Waals surface area contributed by atoms with Crippen LogP contribution in [0.5, 0.6) is 0 Å². The normalized spacial score (nSPS) is 11.5. The largest absolute Gasteiger partial charge is 1.00 e. The van der Waals surface area contributed by atoms with E-state index in [1.165, 1.54) is 56.3 Å². The summed E-state index contributed by atoms with van der Waals surface area (Å²) in [6, 6.07) is 24.7. The van der Waals surface area contributed by atoms with Crippen LogP contribution in [0.1, 0.15) is 28.5 Å². The van der Waals surface area contributed by atoms with Gasteiger partial charge in [-0.2, -0.15) is 14.7 Å². The first kappa shape index (κ1) is 57.9. The smallest absolute Gasteiger partial charge is 0.744 e. The van der Waals surface area contributed by atoms with Crippen molar-refractivity contribution in [2.24, 2.45) is 10.2 Å². The topological polar surface area (TPSA) is 319 Å². The van der Waals surface area contributed by atoms with Crippen molar-refractivity contribution in [2.75, 3.05) is 37.5 Å². The summed E-state index contributed by atoms with van der Waals surface area (Å²) >= 11 is 13.7. The van der Waals surface area contributed by atoms with Crippen molar-refractivity contribution in [3.8, 4) is 11.8 Å². The molecule has 1 aromatic heterocycles. The molecule has 4 N–H and O–H groups in total. The van der Waals surface area contributed by atoms with Gasteiger partial charge in [0.15, 0.2) is 5.82 Å². The molecule has 354 valence electrons. The first-order valence-corrected chi connectivity index (χ1v) is 25.5. The van der Waals surface area contributed by atoms with Crippen LogP contribution >= 0.6 is 35.2 Å². The van der Waals surface area contributed by atoms with Gasteiger partial charge < -0.3 is 25.3 Å². The quantitative estimate of drug-likeness (QED) is 0.0250. The first-order chi connectivity index (χ1) is 31.9. The van der Waals surface area contributed by atoms with Crippen LogP contribution in [-0.4, -0.2) is 63.9 Å². The number of aromatic nitrogens is 2. The molecule has 0 spiro atoms. The monoisotopic (exact) mass is 1090 g/mol. The minimum absolute atomic E-state index is 0. The Labute approximate surface area is 459 Å². The standard InChI is InChI=1S/C40H34Cl2N10O12S4.2Na/c1-22-33(21-43)39(52(48-22)38-34(41)17-27(18-35(38)42)45-40(54)24-15-31(65-64-63-55)20-32(16-24)68(60,61)62)47-46-36-14-13-30(19-37(36)44-23(2)53)51(28-9-5-25(6-10-28)49-66(3,56)57)29-11-7-26(8-12-29)50-67(4,58)59;;/h5-20,49-50,55H,1-4H3,(H,44,53)(H,45,54)(H,60,61,62);;/q;2*+1/p-2. The number of nitrogens with one attached hydrogen (secondary N) is 4. The van der Waals surface area contributed by atoms with Crippen molar-refractivity contribution in [3.05, 3.63) is 124 Å². The van der Waals surface area contributed by atoms with Crippen LogP contribution in [0.25, 0.3) is 5.69 Å². The number of carbonyl (C=O) groups excluding carboxylic acids is 2. The van der Waals surface area contributed by atoms with E-state index in [2.05, 4.69) is 44.8 Å². The van der Waals surface area contributed by atoms with Gasteiger partial charge in [-0.05, 0) is 104 Å². The number of hydrogen-bond acceptors (Lipinski definition) is 18. The summed E-state index contributed by atoms with van der Waals surface area (Å²) in [7, 11) is -12.3. The molecule has 0 fully saturated rings. The fourth-order valence-corrected chi connectivity index (χ4v) is 9.11. The summed E-state index contributed by atoms with van der Waals surface area (Å²) in [6.07, 6.45) is 2.02. The van der Waals surface area contributed by atoms with E-state index < -0.39 is 46.9 Å². The molecule has 0 atom stereocenters. The Kier molecular flexibility index (Phi) is 20.0. The summed E-state index contributed by atoms with van der Waals surface area (Å²) in [5.41, 5.74) is 2.05. The molecule has 70 heavy (non-hydrogen) atoms. The van der Waals surface area contributed by atoms with Crippen molar-refractivity contribution in [3.63, 3.8) is 0 Å². The molecular formula is C40H32Cl2N10Na2O12S4. The van der Waals surface area contributed by atoms with Crippen LogP contribution in [-0.2, 0) is 44.3 Å². The third-order valence-electron chi connectivity index (χ3n) is 8.88. The molecular weight excluding hydrogens is 1060 g/mol. The Morgan fingerprint density at radius 1 is 0.786 bits per heavy atom. The molecule has 22 nitrogen and oxygen atoms in total. The van der Waals surface area contributed by atoms with Gasteiger partial charge in [0.1, 0.15) is 33.1 Å².